The Balaban J connectivity index is 1.64. The number of unbranched alkanes of at least 4 members (excludes halogenated alkanes) is 2. The van der Waals surface area contributed by atoms with Crippen molar-refractivity contribution in [1.29, 1.82) is 0 Å². The maximum atomic E-state index is 12.5. The highest BCUT2D eigenvalue weighted by atomic mass is 16.5. The van der Waals surface area contributed by atoms with Gasteiger partial charge < -0.3 is 18.6 Å². The number of benzene rings is 2. The number of carbonyl (C=O) groups excluding carboxylic acids is 1. The second-order valence-corrected chi connectivity index (χ2v) is 6.51. The second-order valence-electron chi connectivity index (χ2n) is 6.51. The molecule has 8 nitrogen and oxygen atoms in total. The van der Waals surface area contributed by atoms with Crippen molar-refractivity contribution in [2.24, 2.45) is 0 Å². The number of methoxy groups -OCH3 is 2. The molecule has 8 heteroatoms. The quantitative estimate of drug-likeness (QED) is 0.488. The summed E-state index contributed by atoms with van der Waals surface area (Å²) in [5.41, 5.74) is 1.05. The number of carbonyl (C=O) groups is 1. The lowest BCUT2D eigenvalue weighted by molar-refractivity contribution is 0.102. The first-order chi connectivity index (χ1) is 14.6. The molecular formula is C22H25N3O5. The summed E-state index contributed by atoms with van der Waals surface area (Å²) < 4.78 is 21.8. The summed E-state index contributed by atoms with van der Waals surface area (Å²) in [6.07, 6.45) is 3.29. The fraction of sp³-hybridized carbons (Fsp3) is 0.318. The third-order valence-corrected chi connectivity index (χ3v) is 4.42. The van der Waals surface area contributed by atoms with Crippen molar-refractivity contribution in [3.63, 3.8) is 0 Å². The molecule has 30 heavy (non-hydrogen) atoms. The maximum Gasteiger partial charge on any atom is 0.322 e. The van der Waals surface area contributed by atoms with E-state index < -0.39 is 0 Å². The lowest BCUT2D eigenvalue weighted by atomic mass is 10.2. The van der Waals surface area contributed by atoms with Gasteiger partial charge in [-0.3, -0.25) is 10.1 Å². The number of rotatable bonds is 10. The van der Waals surface area contributed by atoms with E-state index in [1.165, 1.54) is 7.11 Å². The summed E-state index contributed by atoms with van der Waals surface area (Å²) in [6, 6.07) is 12.1. The van der Waals surface area contributed by atoms with E-state index in [-0.39, 0.29) is 17.8 Å². The maximum absolute atomic E-state index is 12.5. The Bertz CT molecular complexity index is 969. The molecule has 0 aliphatic heterocycles. The van der Waals surface area contributed by atoms with Gasteiger partial charge in [0.15, 0.2) is 0 Å². The predicted octanol–water partition coefficient (Wildman–Crippen LogP) is 4.58. The summed E-state index contributed by atoms with van der Waals surface area (Å²) in [4.78, 5) is 12.5. The van der Waals surface area contributed by atoms with E-state index in [9.17, 15) is 4.79 Å². The standard InChI is InChI=1S/C22H25N3O5/c1-4-5-6-13-29-16-9-7-15(8-10-16)20(26)23-22-25-24-21(30-22)18-12-11-17(27-2)14-19(18)28-3/h7-12,14H,4-6,13H2,1-3H3,(H,23,25,26). The van der Waals surface area contributed by atoms with Crippen LogP contribution in [0.5, 0.6) is 17.2 Å². The average molecular weight is 411 g/mol. The highest BCUT2D eigenvalue weighted by Gasteiger charge is 2.16. The Kier molecular flexibility index (Phi) is 7.26. The van der Waals surface area contributed by atoms with Crippen LogP contribution in [0.2, 0.25) is 0 Å². The minimum Gasteiger partial charge on any atom is -0.497 e. The number of nitrogens with one attached hydrogen (secondary N) is 1. The van der Waals surface area contributed by atoms with Crippen LogP contribution >= 0.6 is 0 Å². The molecule has 1 heterocycles. The van der Waals surface area contributed by atoms with Gasteiger partial charge in [-0.2, -0.15) is 0 Å². The second kappa shape index (κ2) is 10.3. The minimum absolute atomic E-state index is 0.00670. The summed E-state index contributed by atoms with van der Waals surface area (Å²) in [6.45, 7) is 2.81. The van der Waals surface area contributed by atoms with E-state index in [2.05, 4.69) is 22.4 Å². The molecule has 1 amide bonds. The largest absolute Gasteiger partial charge is 0.497 e. The summed E-state index contributed by atoms with van der Waals surface area (Å²) >= 11 is 0. The molecule has 1 N–H and O–H groups in total. The van der Waals surface area contributed by atoms with E-state index in [4.69, 9.17) is 18.6 Å². The van der Waals surface area contributed by atoms with Crippen molar-refractivity contribution in [1.82, 2.24) is 10.2 Å². The normalized spacial score (nSPS) is 10.5. The molecular weight excluding hydrogens is 386 g/mol. The van der Waals surface area contributed by atoms with Gasteiger partial charge in [0.25, 0.3) is 11.8 Å². The number of hydrogen-bond donors (Lipinski definition) is 1. The predicted molar refractivity (Wildman–Crippen MR) is 112 cm³/mol. The number of ether oxygens (including phenoxy) is 3. The zero-order chi connectivity index (χ0) is 21.3. The summed E-state index contributed by atoms with van der Waals surface area (Å²) in [7, 11) is 3.11. The molecule has 0 radical (unpaired) electrons. The Morgan fingerprint density at radius 2 is 1.77 bits per heavy atom. The molecule has 0 unspecified atom stereocenters. The van der Waals surface area contributed by atoms with E-state index in [1.807, 2.05) is 0 Å². The number of hydrogen-bond acceptors (Lipinski definition) is 7. The van der Waals surface area contributed by atoms with Crippen molar-refractivity contribution in [3.8, 4) is 28.7 Å². The Labute approximate surface area is 175 Å². The van der Waals surface area contributed by atoms with Crippen LogP contribution in [0.1, 0.15) is 36.5 Å². The minimum atomic E-state index is -0.357. The molecule has 0 aliphatic rings. The third-order valence-electron chi connectivity index (χ3n) is 4.42. The van der Waals surface area contributed by atoms with Crippen LogP contribution in [0.25, 0.3) is 11.5 Å². The number of aromatic nitrogens is 2. The molecule has 1 aromatic heterocycles. The van der Waals surface area contributed by atoms with Gasteiger partial charge in [0, 0.05) is 11.6 Å². The molecule has 0 aliphatic carbocycles. The van der Waals surface area contributed by atoms with Crippen molar-refractivity contribution < 1.29 is 23.4 Å². The van der Waals surface area contributed by atoms with E-state index >= 15 is 0 Å². The Morgan fingerprint density at radius 3 is 2.47 bits per heavy atom. The van der Waals surface area contributed by atoms with Crippen LogP contribution in [-0.2, 0) is 0 Å². The first-order valence-corrected chi connectivity index (χ1v) is 9.74. The molecule has 0 spiro atoms. The number of nitrogens with zero attached hydrogens (tertiary/aromatic N) is 2. The smallest absolute Gasteiger partial charge is 0.322 e. The van der Waals surface area contributed by atoms with Crippen molar-refractivity contribution in [2.75, 3.05) is 26.1 Å². The van der Waals surface area contributed by atoms with E-state index in [1.54, 1.807) is 49.6 Å². The molecule has 3 aromatic rings. The SMILES string of the molecule is CCCCCOc1ccc(C(=O)Nc2nnc(-c3ccc(OC)cc3OC)o2)cc1. The van der Waals surface area contributed by atoms with Crippen molar-refractivity contribution in [2.45, 2.75) is 26.2 Å². The highest BCUT2D eigenvalue weighted by Crippen LogP contribution is 2.33. The molecule has 0 saturated heterocycles. The van der Waals surface area contributed by atoms with E-state index in [0.29, 0.717) is 29.2 Å². The van der Waals surface area contributed by atoms with E-state index in [0.717, 1.165) is 25.0 Å². The Morgan fingerprint density at radius 1 is 1.00 bits per heavy atom. The lowest BCUT2D eigenvalue weighted by Gasteiger charge is -2.07. The van der Waals surface area contributed by atoms with Gasteiger partial charge in [0.1, 0.15) is 17.2 Å². The van der Waals surface area contributed by atoms with Gasteiger partial charge in [-0.25, -0.2) is 0 Å². The van der Waals surface area contributed by atoms with Crippen LogP contribution in [0.15, 0.2) is 46.9 Å². The molecule has 2 aromatic carbocycles. The van der Waals surface area contributed by atoms with Gasteiger partial charge >= 0.3 is 6.01 Å². The topological polar surface area (TPSA) is 95.7 Å². The van der Waals surface area contributed by atoms with Crippen LogP contribution in [-0.4, -0.2) is 36.9 Å². The van der Waals surface area contributed by atoms with Crippen LogP contribution in [0.4, 0.5) is 6.01 Å². The zero-order valence-electron chi connectivity index (χ0n) is 17.3. The zero-order valence-corrected chi connectivity index (χ0v) is 17.3. The van der Waals surface area contributed by atoms with Gasteiger partial charge in [-0.15, -0.1) is 5.10 Å². The van der Waals surface area contributed by atoms with Gasteiger partial charge in [0.05, 0.1) is 26.4 Å². The van der Waals surface area contributed by atoms with Crippen LogP contribution in [0.3, 0.4) is 0 Å². The van der Waals surface area contributed by atoms with Gasteiger partial charge in [0.2, 0.25) is 0 Å². The molecule has 0 bridgehead atoms. The number of anilines is 1. The van der Waals surface area contributed by atoms with Crippen molar-refractivity contribution >= 4 is 11.9 Å². The molecule has 0 fully saturated rings. The molecule has 0 atom stereocenters. The fourth-order valence-corrected chi connectivity index (χ4v) is 2.77. The number of amides is 1. The van der Waals surface area contributed by atoms with Gasteiger partial charge in [-0.1, -0.05) is 24.9 Å². The van der Waals surface area contributed by atoms with Gasteiger partial charge in [-0.05, 0) is 42.8 Å². The fourth-order valence-electron chi connectivity index (χ4n) is 2.77. The lowest BCUT2D eigenvalue weighted by Crippen LogP contribution is -2.12. The molecule has 158 valence electrons. The molecule has 3 rings (SSSR count). The summed E-state index contributed by atoms with van der Waals surface area (Å²) in [5, 5.41) is 10.5. The van der Waals surface area contributed by atoms with Crippen molar-refractivity contribution in [3.05, 3.63) is 48.0 Å². The Hall–Kier alpha value is -3.55. The molecule has 0 saturated carbocycles. The third kappa shape index (κ3) is 5.28. The highest BCUT2D eigenvalue weighted by molar-refractivity contribution is 6.03. The monoisotopic (exact) mass is 411 g/mol. The summed E-state index contributed by atoms with van der Waals surface area (Å²) in [5.74, 6) is 1.76. The first-order valence-electron chi connectivity index (χ1n) is 9.74. The van der Waals surface area contributed by atoms with Crippen LogP contribution in [0, 0.1) is 0 Å². The first kappa shape index (κ1) is 21.2. The van der Waals surface area contributed by atoms with Crippen LogP contribution < -0.4 is 19.5 Å². The average Bonchev–Trinajstić information content (AvgIpc) is 3.24.